The number of anilines is 1. The fraction of sp³-hybridized carbons (Fsp3) is 0.524. The molecule has 0 bridgehead atoms. The Balaban J connectivity index is 2.25. The first kappa shape index (κ1) is 24.0. The lowest BCUT2D eigenvalue weighted by molar-refractivity contribution is -0.174. The number of unbranched alkanes of at least 4 members (excludes halogenated alkanes) is 2. The third-order valence-electron chi connectivity index (χ3n) is 4.51. The second kappa shape index (κ2) is 10.7. The molecule has 0 aliphatic heterocycles. The average molecular weight is 444 g/mol. The van der Waals surface area contributed by atoms with Crippen molar-refractivity contribution in [2.45, 2.75) is 59.2 Å². The molecule has 1 atom stereocenters. The molecule has 1 aromatic heterocycles. The van der Waals surface area contributed by atoms with Crippen molar-refractivity contribution in [2.24, 2.45) is 5.92 Å². The van der Waals surface area contributed by atoms with Gasteiger partial charge in [-0.05, 0) is 25.5 Å². The number of carbonyl (C=O) groups is 1. The lowest BCUT2D eigenvalue weighted by Crippen LogP contribution is -2.35. The van der Waals surface area contributed by atoms with Crippen LogP contribution in [0.4, 0.5) is 18.3 Å². The van der Waals surface area contributed by atoms with E-state index in [4.69, 9.17) is 4.74 Å². The Bertz CT molecular complexity index is 815. The van der Waals surface area contributed by atoms with Crippen LogP contribution in [0.15, 0.2) is 41.3 Å². The van der Waals surface area contributed by atoms with Crippen molar-refractivity contribution in [3.63, 3.8) is 0 Å². The third kappa shape index (κ3) is 6.62. The van der Waals surface area contributed by atoms with E-state index in [1.165, 1.54) is 35.3 Å². The zero-order chi connectivity index (χ0) is 22.3. The van der Waals surface area contributed by atoms with Gasteiger partial charge in [0.05, 0.1) is 18.8 Å². The van der Waals surface area contributed by atoms with Crippen molar-refractivity contribution in [1.29, 1.82) is 0 Å². The van der Waals surface area contributed by atoms with Gasteiger partial charge in [-0.3, -0.25) is 9.69 Å². The molecule has 0 fully saturated rings. The van der Waals surface area contributed by atoms with Crippen LogP contribution >= 0.6 is 11.3 Å². The van der Waals surface area contributed by atoms with Gasteiger partial charge in [-0.2, -0.15) is 13.2 Å². The summed E-state index contributed by atoms with van der Waals surface area (Å²) in [5, 5.41) is 5.15. The minimum Gasteiger partial charge on any atom is -0.497 e. The van der Waals surface area contributed by atoms with Crippen LogP contribution < -0.4 is 10.2 Å². The maximum atomic E-state index is 13.7. The first-order valence-electron chi connectivity index (χ1n) is 9.88. The number of alkyl halides is 3. The zero-order valence-corrected chi connectivity index (χ0v) is 18.3. The second-order valence-corrected chi connectivity index (χ2v) is 8.03. The molecule has 1 N–H and O–H groups in total. The summed E-state index contributed by atoms with van der Waals surface area (Å²) in [6.07, 6.45) is 0.562. The summed E-state index contributed by atoms with van der Waals surface area (Å²) in [5.74, 6) is -2.28. The van der Waals surface area contributed by atoms with E-state index in [9.17, 15) is 18.0 Å². The molecule has 166 valence electrons. The zero-order valence-electron chi connectivity index (χ0n) is 17.5. The average Bonchev–Trinajstić information content (AvgIpc) is 3.11. The van der Waals surface area contributed by atoms with Gasteiger partial charge in [0.25, 0.3) is 0 Å². The van der Waals surface area contributed by atoms with Crippen molar-refractivity contribution < 1.29 is 22.7 Å². The van der Waals surface area contributed by atoms with E-state index in [0.29, 0.717) is 23.8 Å². The Morgan fingerprint density at radius 2 is 2.10 bits per heavy atom. The quantitative estimate of drug-likeness (QED) is 0.473. The van der Waals surface area contributed by atoms with Crippen LogP contribution in [-0.2, 0) is 16.1 Å². The number of halogens is 3. The molecule has 0 spiro atoms. The summed E-state index contributed by atoms with van der Waals surface area (Å²) >= 11 is 1.21. The lowest BCUT2D eigenvalue weighted by atomic mass is 9.94. The molecule has 0 aromatic carbocycles. The first-order valence-corrected chi connectivity index (χ1v) is 10.8. The highest BCUT2D eigenvalue weighted by Crippen LogP contribution is 2.41. The molecular formula is C21H28F3N3O2S. The molecule has 2 rings (SSSR count). The summed E-state index contributed by atoms with van der Waals surface area (Å²) < 4.78 is 46.6. The van der Waals surface area contributed by atoms with Gasteiger partial charge in [-0.25, -0.2) is 4.98 Å². The lowest BCUT2D eigenvalue weighted by Gasteiger charge is -2.30. The predicted molar refractivity (Wildman–Crippen MR) is 113 cm³/mol. The second-order valence-electron chi connectivity index (χ2n) is 7.19. The van der Waals surface area contributed by atoms with Gasteiger partial charge in [0.15, 0.2) is 5.13 Å². The number of nitrogens with one attached hydrogen (secondary N) is 1. The predicted octanol–water partition coefficient (Wildman–Crippen LogP) is 5.68. The highest BCUT2D eigenvalue weighted by molar-refractivity contribution is 7.14. The number of hydrogen-bond acceptors (Lipinski definition) is 5. The number of carbonyl (C=O) groups excluding carboxylic acids is 1. The van der Waals surface area contributed by atoms with Gasteiger partial charge in [0.2, 0.25) is 5.91 Å². The molecule has 1 aliphatic rings. The number of nitrogens with zero attached hydrogens (tertiary/aromatic N) is 2. The van der Waals surface area contributed by atoms with E-state index < -0.39 is 18.0 Å². The first-order chi connectivity index (χ1) is 14.1. The monoisotopic (exact) mass is 443 g/mol. The fourth-order valence-corrected chi connectivity index (χ4v) is 3.89. The highest BCUT2D eigenvalue weighted by atomic mass is 32.1. The van der Waals surface area contributed by atoms with Crippen molar-refractivity contribution in [3.05, 3.63) is 47.0 Å². The fourth-order valence-electron chi connectivity index (χ4n) is 2.99. The van der Waals surface area contributed by atoms with E-state index >= 15 is 0 Å². The van der Waals surface area contributed by atoms with Crippen molar-refractivity contribution in [2.75, 3.05) is 11.5 Å². The number of allylic oxidation sites excluding steroid dienone is 5. The van der Waals surface area contributed by atoms with Crippen LogP contribution in [0.5, 0.6) is 0 Å². The maximum Gasteiger partial charge on any atom is 0.399 e. The van der Waals surface area contributed by atoms with Crippen molar-refractivity contribution >= 4 is 22.4 Å². The largest absolute Gasteiger partial charge is 0.497 e. The van der Waals surface area contributed by atoms with Crippen molar-refractivity contribution in [1.82, 2.24) is 10.3 Å². The van der Waals surface area contributed by atoms with Gasteiger partial charge in [0, 0.05) is 30.1 Å². The number of ether oxygens (including phenoxy) is 1. The molecular weight excluding hydrogens is 415 g/mol. The van der Waals surface area contributed by atoms with Crippen LogP contribution in [0.3, 0.4) is 0 Å². The number of aromatic nitrogens is 1. The topological polar surface area (TPSA) is 54.5 Å². The summed E-state index contributed by atoms with van der Waals surface area (Å²) in [6.45, 7) is 9.57. The Labute approximate surface area is 179 Å². The van der Waals surface area contributed by atoms with Crippen LogP contribution in [0, 0.1) is 5.92 Å². The Hall–Kier alpha value is -2.29. The minimum absolute atomic E-state index is 0.101. The molecule has 30 heavy (non-hydrogen) atoms. The Morgan fingerprint density at radius 3 is 2.70 bits per heavy atom. The molecule has 1 aromatic rings. The SMILES string of the molecule is C=C(C)NCc1csc(N(C(C)=O)C2=CC=C(OCCCCC)C(C(F)(F)F)C2)n1. The highest BCUT2D eigenvalue weighted by Gasteiger charge is 2.45. The smallest absolute Gasteiger partial charge is 0.399 e. The molecule has 0 saturated carbocycles. The van der Waals surface area contributed by atoms with Gasteiger partial charge < -0.3 is 10.1 Å². The molecule has 9 heteroatoms. The molecule has 0 saturated heterocycles. The molecule has 0 radical (unpaired) electrons. The van der Waals surface area contributed by atoms with Crippen LogP contribution in [0.25, 0.3) is 0 Å². The number of amides is 1. The summed E-state index contributed by atoms with van der Waals surface area (Å²) in [5.41, 5.74) is 1.70. The van der Waals surface area contributed by atoms with E-state index in [1.54, 1.807) is 5.38 Å². The van der Waals surface area contributed by atoms with Gasteiger partial charge in [-0.1, -0.05) is 26.3 Å². The van der Waals surface area contributed by atoms with Gasteiger partial charge >= 0.3 is 6.18 Å². The number of thiazole rings is 1. The standard InChI is InChI=1S/C21H28F3N3O2S/c1-5-6-7-10-29-19-9-8-17(11-18(19)21(22,23)24)27(15(4)28)20-26-16(13-30-20)12-25-14(2)3/h8-9,13,18,25H,2,5-7,10-12H2,1,3-4H3. The van der Waals surface area contributed by atoms with Gasteiger partial charge in [-0.15, -0.1) is 11.3 Å². The van der Waals surface area contributed by atoms with Gasteiger partial charge in [0.1, 0.15) is 11.7 Å². The van der Waals surface area contributed by atoms with E-state index in [0.717, 1.165) is 18.5 Å². The van der Waals surface area contributed by atoms with Crippen LogP contribution in [-0.4, -0.2) is 23.7 Å². The molecule has 1 aliphatic carbocycles. The number of rotatable bonds is 10. The van der Waals surface area contributed by atoms with E-state index in [-0.39, 0.29) is 24.5 Å². The molecule has 5 nitrogen and oxygen atoms in total. The maximum absolute atomic E-state index is 13.7. The van der Waals surface area contributed by atoms with Crippen LogP contribution in [0.1, 0.15) is 52.1 Å². The Kier molecular flexibility index (Phi) is 8.52. The Morgan fingerprint density at radius 1 is 1.37 bits per heavy atom. The summed E-state index contributed by atoms with van der Waals surface area (Å²) in [4.78, 5) is 17.9. The normalized spacial score (nSPS) is 16.5. The van der Waals surface area contributed by atoms with E-state index in [2.05, 4.69) is 16.9 Å². The minimum atomic E-state index is -4.47. The number of hydrogen-bond donors (Lipinski definition) is 1. The van der Waals surface area contributed by atoms with Crippen molar-refractivity contribution in [3.8, 4) is 0 Å². The van der Waals surface area contributed by atoms with E-state index in [1.807, 2.05) is 13.8 Å². The molecule has 1 amide bonds. The summed E-state index contributed by atoms with van der Waals surface area (Å²) in [7, 11) is 0. The summed E-state index contributed by atoms with van der Waals surface area (Å²) in [6, 6.07) is 0. The third-order valence-corrected chi connectivity index (χ3v) is 5.39. The molecule has 1 heterocycles. The van der Waals surface area contributed by atoms with Crippen LogP contribution in [0.2, 0.25) is 0 Å². The molecule has 1 unspecified atom stereocenters.